The molecule has 1 aromatic heterocycles. The van der Waals surface area contributed by atoms with Gasteiger partial charge in [-0.05, 0) is 18.1 Å². The number of amides is 1. The van der Waals surface area contributed by atoms with E-state index in [9.17, 15) is 4.79 Å². The van der Waals surface area contributed by atoms with Gasteiger partial charge in [0, 0.05) is 6.54 Å². The molecule has 1 fully saturated rings. The average Bonchev–Trinajstić information content (AvgIpc) is 2.74. The highest BCUT2D eigenvalue weighted by Crippen LogP contribution is 2.14. The second kappa shape index (κ2) is 3.04. The second-order valence-corrected chi connectivity index (χ2v) is 3.05. The van der Waals surface area contributed by atoms with E-state index in [0.717, 1.165) is 19.4 Å². The predicted molar refractivity (Wildman–Crippen MR) is 45.3 cm³/mol. The lowest BCUT2D eigenvalue weighted by Gasteiger charge is -2.22. The zero-order valence-corrected chi connectivity index (χ0v) is 7.13. The van der Waals surface area contributed by atoms with E-state index in [1.807, 2.05) is 5.01 Å². The Morgan fingerprint density at radius 2 is 2.46 bits per heavy atom. The molecule has 70 valence electrons. The van der Waals surface area contributed by atoms with Gasteiger partial charge in [0.2, 0.25) is 5.91 Å². The van der Waals surface area contributed by atoms with Gasteiger partial charge in [-0.25, -0.2) is 0 Å². The molecule has 6 nitrogen and oxygen atoms in total. The van der Waals surface area contributed by atoms with Crippen LogP contribution in [0.3, 0.4) is 0 Å². The molecule has 1 aromatic rings. The van der Waals surface area contributed by atoms with Crippen molar-refractivity contribution in [1.82, 2.24) is 15.1 Å². The molecular weight excluding hydrogens is 170 g/mol. The summed E-state index contributed by atoms with van der Waals surface area (Å²) in [6.07, 6.45) is 5.06. The van der Waals surface area contributed by atoms with Crippen LogP contribution < -0.4 is 10.7 Å². The molecule has 0 bridgehead atoms. The molecule has 1 aliphatic heterocycles. The summed E-state index contributed by atoms with van der Waals surface area (Å²) in [5.41, 5.74) is 5.25. The van der Waals surface area contributed by atoms with Gasteiger partial charge in [0.1, 0.15) is 6.04 Å². The van der Waals surface area contributed by atoms with Gasteiger partial charge in [-0.2, -0.15) is 4.79 Å². The maximum atomic E-state index is 11.0. The minimum atomic E-state index is -0.298. The quantitative estimate of drug-likeness (QED) is 0.626. The monoisotopic (exact) mass is 181 g/mol. The van der Waals surface area contributed by atoms with E-state index in [1.165, 1.54) is 0 Å². The largest absolute Gasteiger partial charge is 0.368 e. The lowest BCUT2D eigenvalue weighted by molar-refractivity contribution is -0.119. The summed E-state index contributed by atoms with van der Waals surface area (Å²) in [5.74, 6) is -0.298. The molecule has 0 spiro atoms. The van der Waals surface area contributed by atoms with Crippen molar-refractivity contribution in [3.8, 4) is 0 Å². The third kappa shape index (κ3) is 1.34. The van der Waals surface area contributed by atoms with Gasteiger partial charge in [0.15, 0.2) is 0 Å². The van der Waals surface area contributed by atoms with Crippen LogP contribution in [0.1, 0.15) is 12.8 Å². The first-order valence-corrected chi connectivity index (χ1v) is 4.21. The number of hydrogen-bond acceptors (Lipinski definition) is 4. The number of nitrogens with two attached hydrogens (primary N) is 1. The lowest BCUT2D eigenvalue weighted by atomic mass is 10.2. The highest BCUT2D eigenvalue weighted by Gasteiger charge is 2.29. The third-order valence-electron chi connectivity index (χ3n) is 2.23. The molecular formula is C7H11N5O. The van der Waals surface area contributed by atoms with Crippen LogP contribution >= 0.6 is 0 Å². The first-order chi connectivity index (χ1) is 6.29. The number of primary amides is 1. The number of carbonyl (C=O) groups excluding carboxylic acids is 1. The molecule has 1 saturated heterocycles. The van der Waals surface area contributed by atoms with Crippen LogP contribution in [0.25, 0.3) is 0 Å². The van der Waals surface area contributed by atoms with Crippen molar-refractivity contribution in [1.29, 1.82) is 0 Å². The summed E-state index contributed by atoms with van der Waals surface area (Å²) >= 11 is 0. The standard InChI is InChI=1S/C7H11N5O/c8-7(13)6-2-1-4-11(6)12-5-3-9-10-12/h3,5-6H,1-2,4H2,(H2,8,13). The van der Waals surface area contributed by atoms with E-state index in [0.29, 0.717) is 0 Å². The van der Waals surface area contributed by atoms with Crippen LogP contribution in [0.4, 0.5) is 0 Å². The van der Waals surface area contributed by atoms with Crippen LogP contribution in [0.2, 0.25) is 0 Å². The van der Waals surface area contributed by atoms with Gasteiger partial charge in [0.25, 0.3) is 0 Å². The highest BCUT2D eigenvalue weighted by atomic mass is 16.1. The normalized spacial score (nSPS) is 22.2. The smallest absolute Gasteiger partial charge is 0.241 e. The van der Waals surface area contributed by atoms with E-state index in [-0.39, 0.29) is 11.9 Å². The molecule has 1 atom stereocenters. The summed E-state index contributed by atoms with van der Waals surface area (Å²) in [5, 5.41) is 9.32. The zero-order valence-electron chi connectivity index (χ0n) is 7.13. The van der Waals surface area contributed by atoms with Crippen molar-refractivity contribution in [3.63, 3.8) is 0 Å². The van der Waals surface area contributed by atoms with Crippen molar-refractivity contribution in [3.05, 3.63) is 12.4 Å². The van der Waals surface area contributed by atoms with Crippen molar-refractivity contribution < 1.29 is 4.79 Å². The van der Waals surface area contributed by atoms with Crippen LogP contribution in [0, 0.1) is 0 Å². The summed E-state index contributed by atoms with van der Waals surface area (Å²) < 4.78 is 0. The molecule has 1 unspecified atom stereocenters. The van der Waals surface area contributed by atoms with Crippen LogP contribution in [0.5, 0.6) is 0 Å². The Morgan fingerprint density at radius 1 is 1.62 bits per heavy atom. The van der Waals surface area contributed by atoms with Gasteiger partial charge in [-0.1, -0.05) is 0 Å². The Balaban J connectivity index is 2.19. The molecule has 13 heavy (non-hydrogen) atoms. The molecule has 2 N–H and O–H groups in total. The molecule has 1 amide bonds. The fourth-order valence-corrected chi connectivity index (χ4v) is 1.62. The Labute approximate surface area is 75.3 Å². The van der Waals surface area contributed by atoms with E-state index in [4.69, 9.17) is 5.73 Å². The average molecular weight is 181 g/mol. The molecule has 0 radical (unpaired) electrons. The molecule has 0 aromatic carbocycles. The fourth-order valence-electron chi connectivity index (χ4n) is 1.62. The first kappa shape index (κ1) is 8.03. The number of nitrogens with zero attached hydrogens (tertiary/aromatic N) is 4. The summed E-state index contributed by atoms with van der Waals surface area (Å²) in [6.45, 7) is 0.803. The van der Waals surface area contributed by atoms with Gasteiger partial charge < -0.3 is 5.73 Å². The maximum Gasteiger partial charge on any atom is 0.241 e. The second-order valence-electron chi connectivity index (χ2n) is 3.05. The van der Waals surface area contributed by atoms with E-state index < -0.39 is 0 Å². The molecule has 2 rings (SSSR count). The first-order valence-electron chi connectivity index (χ1n) is 4.21. The fraction of sp³-hybridized carbons (Fsp3) is 0.571. The van der Waals surface area contributed by atoms with Crippen molar-refractivity contribution in [2.24, 2.45) is 5.73 Å². The van der Waals surface area contributed by atoms with E-state index >= 15 is 0 Å². The predicted octanol–water partition coefficient (Wildman–Crippen LogP) is -1.14. The number of aromatic nitrogens is 3. The third-order valence-corrected chi connectivity index (χ3v) is 2.23. The summed E-state index contributed by atoms with van der Waals surface area (Å²) in [7, 11) is 0. The Hall–Kier alpha value is -1.59. The van der Waals surface area contributed by atoms with Gasteiger partial charge in [0.05, 0.1) is 12.4 Å². The number of carbonyl (C=O) groups is 1. The summed E-state index contributed by atoms with van der Waals surface area (Å²) in [4.78, 5) is 12.6. The van der Waals surface area contributed by atoms with Gasteiger partial charge in [-0.3, -0.25) is 9.80 Å². The molecule has 1 aliphatic rings. The van der Waals surface area contributed by atoms with E-state index in [2.05, 4.69) is 10.3 Å². The van der Waals surface area contributed by atoms with Crippen molar-refractivity contribution in [2.75, 3.05) is 11.6 Å². The molecule has 0 aliphatic carbocycles. The van der Waals surface area contributed by atoms with Crippen molar-refractivity contribution >= 4 is 5.91 Å². The Kier molecular flexibility index (Phi) is 1.88. The topological polar surface area (TPSA) is 77.0 Å². The van der Waals surface area contributed by atoms with Gasteiger partial charge in [-0.15, -0.1) is 5.10 Å². The molecule has 6 heteroatoms. The van der Waals surface area contributed by atoms with E-state index in [1.54, 1.807) is 17.2 Å². The minimum Gasteiger partial charge on any atom is -0.368 e. The van der Waals surface area contributed by atoms with Crippen LogP contribution in [-0.2, 0) is 4.79 Å². The number of rotatable bonds is 2. The minimum absolute atomic E-state index is 0.235. The number of hydrogen-bond donors (Lipinski definition) is 1. The molecule has 0 saturated carbocycles. The van der Waals surface area contributed by atoms with Gasteiger partial charge >= 0.3 is 0 Å². The maximum absolute atomic E-state index is 11.0. The molecule has 2 heterocycles. The van der Waals surface area contributed by atoms with Crippen LogP contribution in [-0.4, -0.2) is 33.6 Å². The van der Waals surface area contributed by atoms with Crippen LogP contribution in [0.15, 0.2) is 12.4 Å². The zero-order chi connectivity index (χ0) is 9.26. The Morgan fingerprint density at radius 3 is 3.08 bits per heavy atom. The SMILES string of the molecule is NC(=O)C1CCCN1n1ccnn1. The Bertz CT molecular complexity index is 296. The highest BCUT2D eigenvalue weighted by molar-refractivity contribution is 5.82. The van der Waals surface area contributed by atoms with Crippen molar-refractivity contribution in [2.45, 2.75) is 18.9 Å². The lowest BCUT2D eigenvalue weighted by Crippen LogP contribution is -2.46. The summed E-state index contributed by atoms with van der Waals surface area (Å²) in [6, 6.07) is -0.235.